The van der Waals surface area contributed by atoms with Crippen LogP contribution in [0.4, 0.5) is 0 Å². The van der Waals surface area contributed by atoms with Crippen LogP contribution in [0.5, 0.6) is 0 Å². The summed E-state index contributed by atoms with van der Waals surface area (Å²) in [6, 6.07) is 1.67. The quantitative estimate of drug-likeness (QED) is 0.897. The topological polar surface area (TPSA) is 63.4 Å². The first-order chi connectivity index (χ1) is 7.41. The normalized spacial score (nSPS) is 22.8. The van der Waals surface area contributed by atoms with Crippen LogP contribution in [0.2, 0.25) is 0 Å². The number of hydrogen-bond donors (Lipinski definition) is 1. The first-order valence-corrected chi connectivity index (χ1v) is 7.98. The van der Waals surface area contributed by atoms with Crippen molar-refractivity contribution in [2.75, 3.05) is 13.1 Å². The summed E-state index contributed by atoms with van der Waals surface area (Å²) in [5, 5.41) is 0. The Morgan fingerprint density at radius 2 is 2.31 bits per heavy atom. The lowest BCUT2D eigenvalue weighted by Gasteiger charge is -2.13. The Hall–Kier alpha value is 0.0500. The van der Waals surface area contributed by atoms with Crippen LogP contribution in [0.25, 0.3) is 0 Å². The van der Waals surface area contributed by atoms with Crippen LogP contribution in [-0.4, -0.2) is 31.9 Å². The van der Waals surface area contributed by atoms with Crippen LogP contribution >= 0.6 is 27.3 Å². The Bertz CT molecular complexity index is 478. The van der Waals surface area contributed by atoms with Crippen molar-refractivity contribution in [2.24, 2.45) is 5.73 Å². The van der Waals surface area contributed by atoms with Crippen molar-refractivity contribution < 1.29 is 8.42 Å². The molecule has 16 heavy (non-hydrogen) atoms. The molecule has 0 aliphatic carbocycles. The van der Waals surface area contributed by atoms with E-state index in [-0.39, 0.29) is 6.04 Å². The number of nitrogens with zero attached hydrogens (tertiary/aromatic N) is 1. The molecule has 2 rings (SSSR count). The van der Waals surface area contributed by atoms with Gasteiger partial charge < -0.3 is 5.73 Å². The van der Waals surface area contributed by atoms with Gasteiger partial charge in [-0.2, -0.15) is 4.31 Å². The van der Waals surface area contributed by atoms with E-state index in [0.29, 0.717) is 17.3 Å². The summed E-state index contributed by atoms with van der Waals surface area (Å²) in [5.41, 5.74) is 6.67. The molecule has 1 aliphatic heterocycles. The molecule has 1 fully saturated rings. The SMILES string of the molecule is Cc1cc(S(=O)(=O)N2CC[C@@H](N)C2)sc1Br. The molecule has 0 saturated carbocycles. The molecule has 1 aromatic rings. The minimum absolute atomic E-state index is 0.0284. The van der Waals surface area contributed by atoms with Gasteiger partial charge in [-0.15, -0.1) is 11.3 Å². The maximum Gasteiger partial charge on any atom is 0.252 e. The van der Waals surface area contributed by atoms with Gasteiger partial charge in [0.25, 0.3) is 10.0 Å². The molecular weight excluding hydrogens is 312 g/mol. The molecule has 0 aromatic carbocycles. The van der Waals surface area contributed by atoms with E-state index >= 15 is 0 Å². The van der Waals surface area contributed by atoms with Crippen molar-refractivity contribution in [2.45, 2.75) is 23.6 Å². The maximum absolute atomic E-state index is 12.2. The van der Waals surface area contributed by atoms with Gasteiger partial charge in [0.15, 0.2) is 0 Å². The van der Waals surface area contributed by atoms with Crippen molar-refractivity contribution in [3.8, 4) is 0 Å². The second kappa shape index (κ2) is 4.38. The summed E-state index contributed by atoms with van der Waals surface area (Å²) in [7, 11) is -3.33. The van der Waals surface area contributed by atoms with E-state index in [1.54, 1.807) is 6.07 Å². The molecule has 7 heteroatoms. The summed E-state index contributed by atoms with van der Waals surface area (Å²) < 4.78 is 27.1. The minimum Gasteiger partial charge on any atom is -0.326 e. The summed E-state index contributed by atoms with van der Waals surface area (Å²) >= 11 is 4.60. The van der Waals surface area contributed by atoms with E-state index in [1.807, 2.05) is 6.92 Å². The fourth-order valence-electron chi connectivity index (χ4n) is 1.66. The zero-order valence-electron chi connectivity index (χ0n) is 8.81. The molecule has 1 aromatic heterocycles. The van der Waals surface area contributed by atoms with Gasteiger partial charge in [0.1, 0.15) is 4.21 Å². The lowest BCUT2D eigenvalue weighted by atomic mass is 10.3. The van der Waals surface area contributed by atoms with Gasteiger partial charge >= 0.3 is 0 Å². The van der Waals surface area contributed by atoms with Crippen LogP contribution in [-0.2, 0) is 10.0 Å². The number of nitrogens with two attached hydrogens (primary N) is 1. The summed E-state index contributed by atoms with van der Waals surface area (Å²) in [6.07, 6.45) is 0.741. The Morgan fingerprint density at radius 3 is 2.75 bits per heavy atom. The predicted molar refractivity (Wildman–Crippen MR) is 68.1 cm³/mol. The summed E-state index contributed by atoms with van der Waals surface area (Å²) in [4.78, 5) is 0. The molecule has 0 spiro atoms. The lowest BCUT2D eigenvalue weighted by Crippen LogP contribution is -2.31. The smallest absolute Gasteiger partial charge is 0.252 e. The Kier molecular flexibility index (Phi) is 3.42. The fraction of sp³-hybridized carbons (Fsp3) is 0.556. The van der Waals surface area contributed by atoms with Crippen LogP contribution in [0.3, 0.4) is 0 Å². The van der Waals surface area contributed by atoms with Crippen molar-refractivity contribution in [1.82, 2.24) is 4.31 Å². The van der Waals surface area contributed by atoms with Crippen LogP contribution in [0.15, 0.2) is 14.1 Å². The lowest BCUT2D eigenvalue weighted by molar-refractivity contribution is 0.474. The maximum atomic E-state index is 12.2. The third-order valence-corrected chi connectivity index (χ3v) is 7.07. The molecule has 0 bridgehead atoms. The van der Waals surface area contributed by atoms with E-state index < -0.39 is 10.0 Å². The first kappa shape index (κ1) is 12.5. The highest BCUT2D eigenvalue weighted by Gasteiger charge is 2.32. The van der Waals surface area contributed by atoms with Crippen molar-refractivity contribution in [3.05, 3.63) is 15.4 Å². The van der Waals surface area contributed by atoms with Gasteiger partial charge in [0.05, 0.1) is 3.79 Å². The number of sulfonamides is 1. The van der Waals surface area contributed by atoms with Crippen molar-refractivity contribution in [3.63, 3.8) is 0 Å². The van der Waals surface area contributed by atoms with Crippen LogP contribution in [0.1, 0.15) is 12.0 Å². The average Bonchev–Trinajstić information content (AvgIpc) is 2.75. The summed E-state index contributed by atoms with van der Waals surface area (Å²) in [5.74, 6) is 0. The molecule has 0 radical (unpaired) electrons. The molecule has 1 aliphatic rings. The van der Waals surface area contributed by atoms with Crippen LogP contribution < -0.4 is 5.73 Å². The highest BCUT2D eigenvalue weighted by atomic mass is 79.9. The van der Waals surface area contributed by atoms with E-state index in [0.717, 1.165) is 15.8 Å². The van der Waals surface area contributed by atoms with E-state index in [9.17, 15) is 8.42 Å². The molecule has 0 amide bonds. The number of thiophene rings is 1. The molecular formula is C9H13BrN2O2S2. The third-order valence-electron chi connectivity index (χ3n) is 2.62. The molecule has 2 N–H and O–H groups in total. The van der Waals surface area contributed by atoms with E-state index in [4.69, 9.17) is 5.73 Å². The number of aryl methyl sites for hydroxylation is 1. The number of halogens is 1. The molecule has 90 valence electrons. The van der Waals surface area contributed by atoms with Gasteiger partial charge in [-0.1, -0.05) is 0 Å². The summed E-state index contributed by atoms with van der Waals surface area (Å²) in [6.45, 7) is 2.84. The molecule has 4 nitrogen and oxygen atoms in total. The van der Waals surface area contributed by atoms with Crippen molar-refractivity contribution >= 4 is 37.3 Å². The van der Waals surface area contributed by atoms with Gasteiger partial charge in [0.2, 0.25) is 0 Å². The zero-order valence-corrected chi connectivity index (χ0v) is 12.0. The highest BCUT2D eigenvalue weighted by Crippen LogP contribution is 2.33. The molecule has 1 saturated heterocycles. The van der Waals surface area contributed by atoms with Crippen LogP contribution in [0, 0.1) is 6.92 Å². The van der Waals surface area contributed by atoms with E-state index in [1.165, 1.54) is 15.6 Å². The van der Waals surface area contributed by atoms with Crippen molar-refractivity contribution in [1.29, 1.82) is 0 Å². The zero-order chi connectivity index (χ0) is 11.9. The fourth-order valence-corrected chi connectivity index (χ4v) is 5.55. The van der Waals surface area contributed by atoms with Gasteiger partial charge in [-0.25, -0.2) is 8.42 Å². The monoisotopic (exact) mass is 324 g/mol. The molecule has 0 unspecified atom stereocenters. The minimum atomic E-state index is -3.33. The van der Waals surface area contributed by atoms with Gasteiger partial charge in [0, 0.05) is 19.1 Å². The third kappa shape index (κ3) is 2.19. The second-order valence-corrected chi connectivity index (χ2v) is 8.47. The Labute approximate surface area is 108 Å². The predicted octanol–water partition coefficient (Wildman–Crippen LogP) is 1.54. The highest BCUT2D eigenvalue weighted by molar-refractivity contribution is 9.11. The second-order valence-electron chi connectivity index (χ2n) is 3.93. The van der Waals surface area contributed by atoms with Gasteiger partial charge in [-0.3, -0.25) is 0 Å². The standard InChI is InChI=1S/C9H13BrN2O2S2/c1-6-4-8(15-9(6)10)16(13,14)12-3-2-7(11)5-12/h4,7H,2-3,5,11H2,1H3/t7-/m1/s1. The van der Waals surface area contributed by atoms with Gasteiger partial charge in [-0.05, 0) is 40.9 Å². The number of rotatable bonds is 2. The largest absolute Gasteiger partial charge is 0.326 e. The Morgan fingerprint density at radius 1 is 1.62 bits per heavy atom. The van der Waals surface area contributed by atoms with E-state index in [2.05, 4.69) is 15.9 Å². The molecule has 2 heterocycles. The Balaban J connectivity index is 2.32. The first-order valence-electron chi connectivity index (χ1n) is 4.93. The number of hydrogen-bond acceptors (Lipinski definition) is 4. The average molecular weight is 325 g/mol. The molecule has 1 atom stereocenters.